The van der Waals surface area contributed by atoms with Crippen molar-refractivity contribution in [3.8, 4) is 6.07 Å². The van der Waals surface area contributed by atoms with Crippen molar-refractivity contribution in [2.45, 2.75) is 44.4 Å². The molecule has 6 heteroatoms. The fraction of sp³-hybridized carbons (Fsp3) is 0.467. The lowest BCUT2D eigenvalue weighted by atomic mass is 9.98. The van der Waals surface area contributed by atoms with E-state index in [0.29, 0.717) is 18.6 Å². The first-order chi connectivity index (χ1) is 10.0. The highest BCUT2D eigenvalue weighted by atomic mass is 32.2. The van der Waals surface area contributed by atoms with Gasteiger partial charge >= 0.3 is 10.1 Å². The zero-order valence-electron chi connectivity index (χ0n) is 12.3. The third-order valence-electron chi connectivity index (χ3n) is 3.01. The normalized spacial score (nSPS) is 13.5. The number of hydrogen-bond acceptors (Lipinski definition) is 5. The van der Waals surface area contributed by atoms with Crippen LogP contribution in [0.3, 0.4) is 0 Å². The standard InChI is InChI=1S/C15H20N2O3S/c1-3-8-13(12-16)11-14(4-2)17-20-21(18,19)15-9-6-5-7-10-15/h5-7,9-10,13H,3-4,8,11H2,1-2H3/b17-14+. The minimum Gasteiger partial charge on any atom is -0.265 e. The van der Waals surface area contributed by atoms with Gasteiger partial charge in [0.15, 0.2) is 0 Å². The minimum atomic E-state index is -3.89. The number of benzene rings is 1. The maximum absolute atomic E-state index is 11.9. The molecule has 0 aliphatic heterocycles. The Balaban J connectivity index is 2.79. The van der Waals surface area contributed by atoms with Gasteiger partial charge in [0, 0.05) is 6.42 Å². The zero-order valence-corrected chi connectivity index (χ0v) is 13.1. The Morgan fingerprint density at radius 2 is 2.00 bits per heavy atom. The predicted octanol–water partition coefficient (Wildman–Crippen LogP) is 3.49. The molecular formula is C15H20N2O3S. The summed E-state index contributed by atoms with van der Waals surface area (Å²) in [5.74, 6) is -0.156. The highest BCUT2D eigenvalue weighted by Gasteiger charge is 2.16. The van der Waals surface area contributed by atoms with Crippen LogP contribution in [0.5, 0.6) is 0 Å². The fourth-order valence-corrected chi connectivity index (χ4v) is 2.60. The summed E-state index contributed by atoms with van der Waals surface area (Å²) in [5, 5.41) is 12.8. The number of hydrogen-bond donors (Lipinski definition) is 0. The fourth-order valence-electron chi connectivity index (χ4n) is 1.82. The van der Waals surface area contributed by atoms with E-state index in [1.54, 1.807) is 18.2 Å². The quantitative estimate of drug-likeness (QED) is 0.544. The summed E-state index contributed by atoms with van der Waals surface area (Å²) in [6.07, 6.45) is 2.65. The van der Waals surface area contributed by atoms with Gasteiger partial charge in [-0.1, -0.05) is 43.6 Å². The minimum absolute atomic E-state index is 0.0644. The largest absolute Gasteiger partial charge is 0.358 e. The van der Waals surface area contributed by atoms with Crippen LogP contribution in [0.15, 0.2) is 40.4 Å². The molecule has 5 nitrogen and oxygen atoms in total. The van der Waals surface area contributed by atoms with Gasteiger partial charge in [0.2, 0.25) is 0 Å². The van der Waals surface area contributed by atoms with Crippen LogP contribution in [0.1, 0.15) is 39.5 Å². The van der Waals surface area contributed by atoms with Crippen molar-refractivity contribution in [3.63, 3.8) is 0 Å². The first-order valence-electron chi connectivity index (χ1n) is 6.97. The molecule has 114 valence electrons. The molecule has 0 bridgehead atoms. The molecule has 0 fully saturated rings. The molecule has 0 saturated heterocycles. The molecule has 1 rings (SSSR count). The van der Waals surface area contributed by atoms with E-state index in [9.17, 15) is 8.42 Å². The molecule has 1 aromatic carbocycles. The van der Waals surface area contributed by atoms with Crippen LogP contribution >= 0.6 is 0 Å². The summed E-state index contributed by atoms with van der Waals surface area (Å²) < 4.78 is 28.6. The van der Waals surface area contributed by atoms with Crippen molar-refractivity contribution in [2.24, 2.45) is 11.1 Å². The molecule has 21 heavy (non-hydrogen) atoms. The first-order valence-corrected chi connectivity index (χ1v) is 8.38. The van der Waals surface area contributed by atoms with Gasteiger partial charge in [-0.25, -0.2) is 0 Å². The van der Waals surface area contributed by atoms with E-state index >= 15 is 0 Å². The van der Waals surface area contributed by atoms with Crippen LogP contribution in [0.4, 0.5) is 0 Å². The highest BCUT2D eigenvalue weighted by molar-refractivity contribution is 7.86. The molecule has 1 atom stereocenters. The van der Waals surface area contributed by atoms with Gasteiger partial charge in [-0.2, -0.15) is 13.7 Å². The van der Waals surface area contributed by atoms with Gasteiger partial charge in [0.1, 0.15) is 4.90 Å². The topological polar surface area (TPSA) is 79.5 Å². The van der Waals surface area contributed by atoms with Crippen LogP contribution in [0.25, 0.3) is 0 Å². The van der Waals surface area contributed by atoms with Crippen LogP contribution in [-0.4, -0.2) is 14.1 Å². The van der Waals surface area contributed by atoms with E-state index in [0.717, 1.165) is 12.8 Å². The van der Waals surface area contributed by atoms with Crippen molar-refractivity contribution in [1.82, 2.24) is 0 Å². The van der Waals surface area contributed by atoms with Gasteiger partial charge < -0.3 is 0 Å². The lowest BCUT2D eigenvalue weighted by Crippen LogP contribution is -2.09. The van der Waals surface area contributed by atoms with Gasteiger partial charge in [0.05, 0.1) is 17.7 Å². The van der Waals surface area contributed by atoms with E-state index in [2.05, 4.69) is 11.2 Å². The number of oxime groups is 1. The number of nitriles is 1. The Hall–Kier alpha value is -1.87. The summed E-state index contributed by atoms with van der Waals surface area (Å²) in [4.78, 5) is 0.0644. The van der Waals surface area contributed by atoms with E-state index in [1.807, 2.05) is 13.8 Å². The number of rotatable bonds is 8. The number of nitrogens with zero attached hydrogens (tertiary/aromatic N) is 2. The third-order valence-corrected chi connectivity index (χ3v) is 4.13. The molecule has 0 radical (unpaired) electrons. The summed E-state index contributed by atoms with van der Waals surface area (Å²) in [5.41, 5.74) is 0.578. The Morgan fingerprint density at radius 1 is 1.33 bits per heavy atom. The lowest BCUT2D eigenvalue weighted by molar-refractivity contribution is 0.335. The molecule has 0 heterocycles. The Bertz CT molecular complexity index is 604. The van der Waals surface area contributed by atoms with Gasteiger partial charge in [-0.05, 0) is 25.0 Å². The van der Waals surface area contributed by atoms with E-state index in [1.165, 1.54) is 12.1 Å². The lowest BCUT2D eigenvalue weighted by Gasteiger charge is -2.08. The van der Waals surface area contributed by atoms with Crippen molar-refractivity contribution >= 4 is 15.8 Å². The SMILES string of the molecule is CCCC(C#N)C/C(CC)=N/OS(=O)(=O)c1ccccc1. The summed E-state index contributed by atoms with van der Waals surface area (Å²) in [6, 6.07) is 10.1. The van der Waals surface area contributed by atoms with E-state index in [-0.39, 0.29) is 10.8 Å². The Labute approximate surface area is 126 Å². The smallest absolute Gasteiger partial charge is 0.265 e. The maximum Gasteiger partial charge on any atom is 0.358 e. The molecule has 0 spiro atoms. The first kappa shape index (κ1) is 17.2. The molecule has 0 saturated carbocycles. The van der Waals surface area contributed by atoms with Crippen molar-refractivity contribution in [3.05, 3.63) is 30.3 Å². The van der Waals surface area contributed by atoms with E-state index in [4.69, 9.17) is 9.55 Å². The monoisotopic (exact) mass is 308 g/mol. The van der Waals surface area contributed by atoms with Crippen molar-refractivity contribution in [1.29, 1.82) is 5.26 Å². The molecule has 0 aromatic heterocycles. The Kier molecular flexibility index (Phi) is 6.89. The molecule has 0 amide bonds. The molecule has 0 aliphatic rings. The Morgan fingerprint density at radius 3 is 2.52 bits per heavy atom. The average molecular weight is 308 g/mol. The van der Waals surface area contributed by atoms with Gasteiger partial charge in [-0.3, -0.25) is 4.28 Å². The van der Waals surface area contributed by atoms with Crippen LogP contribution < -0.4 is 0 Å². The second kappa shape index (κ2) is 8.42. The molecule has 0 N–H and O–H groups in total. The molecular weight excluding hydrogens is 288 g/mol. The second-order valence-electron chi connectivity index (χ2n) is 4.67. The highest BCUT2D eigenvalue weighted by Crippen LogP contribution is 2.15. The van der Waals surface area contributed by atoms with Crippen LogP contribution in [0.2, 0.25) is 0 Å². The van der Waals surface area contributed by atoms with Gasteiger partial charge in [0.25, 0.3) is 0 Å². The summed E-state index contributed by atoms with van der Waals surface area (Å²) in [6.45, 7) is 3.86. The third kappa shape index (κ3) is 5.56. The van der Waals surface area contributed by atoms with Crippen molar-refractivity contribution < 1.29 is 12.7 Å². The van der Waals surface area contributed by atoms with Gasteiger partial charge in [-0.15, -0.1) is 0 Å². The maximum atomic E-state index is 11.9. The van der Waals surface area contributed by atoms with Crippen LogP contribution in [-0.2, 0) is 14.4 Å². The molecule has 1 aromatic rings. The predicted molar refractivity (Wildman–Crippen MR) is 81.1 cm³/mol. The summed E-state index contributed by atoms with van der Waals surface area (Å²) in [7, 11) is -3.89. The average Bonchev–Trinajstić information content (AvgIpc) is 2.51. The van der Waals surface area contributed by atoms with E-state index < -0.39 is 10.1 Å². The molecule has 1 unspecified atom stereocenters. The summed E-state index contributed by atoms with van der Waals surface area (Å²) >= 11 is 0. The van der Waals surface area contributed by atoms with Crippen LogP contribution in [0, 0.1) is 17.2 Å². The zero-order chi connectivity index (χ0) is 15.7. The molecule has 0 aliphatic carbocycles. The van der Waals surface area contributed by atoms with Crippen molar-refractivity contribution in [2.75, 3.05) is 0 Å². The second-order valence-corrected chi connectivity index (χ2v) is 6.20.